The fraction of sp³-hybridized carbons (Fsp3) is 0.529. The number of rotatable bonds is 3. The molecule has 2 aromatic rings. The number of carbonyl (C=O) groups excluding carboxylic acids is 1. The molecule has 3 aliphatic rings. The molecule has 2 fully saturated rings. The minimum atomic E-state index is -4.48. The number of nitrogens with one attached hydrogen (secondary N) is 1. The maximum atomic E-state index is 13.2. The van der Waals surface area contributed by atoms with Gasteiger partial charge in [-0.2, -0.15) is 23.0 Å². The van der Waals surface area contributed by atoms with Crippen molar-refractivity contribution in [3.8, 4) is 5.82 Å². The minimum Gasteiger partial charge on any atom is -0.619 e. The first-order chi connectivity index (χ1) is 12.8. The van der Waals surface area contributed by atoms with Gasteiger partial charge in [-0.25, -0.2) is 9.67 Å². The van der Waals surface area contributed by atoms with Crippen LogP contribution in [0.25, 0.3) is 5.82 Å². The monoisotopic (exact) mass is 379 g/mol. The zero-order chi connectivity index (χ0) is 19.0. The smallest absolute Gasteiger partial charge is 0.411 e. The van der Waals surface area contributed by atoms with Crippen LogP contribution in [0.4, 0.5) is 13.2 Å². The topological polar surface area (TPSA) is 86.8 Å². The van der Waals surface area contributed by atoms with Crippen LogP contribution in [0, 0.1) is 11.1 Å². The molecule has 0 bridgehead atoms. The van der Waals surface area contributed by atoms with E-state index >= 15 is 0 Å². The molecule has 0 aromatic carbocycles. The van der Waals surface area contributed by atoms with Gasteiger partial charge in [-0.15, -0.1) is 0 Å². The molecule has 0 saturated heterocycles. The van der Waals surface area contributed by atoms with Gasteiger partial charge in [0.25, 0.3) is 5.91 Å². The molecule has 7 nitrogen and oxygen atoms in total. The first-order valence-electron chi connectivity index (χ1n) is 8.85. The number of halogens is 3. The number of nitrogens with zero attached hydrogens (tertiary/aromatic N) is 4. The van der Waals surface area contributed by atoms with E-state index in [1.165, 1.54) is 23.3 Å². The summed E-state index contributed by atoms with van der Waals surface area (Å²) in [5.74, 6) is 0.150. The van der Waals surface area contributed by atoms with Crippen LogP contribution >= 0.6 is 0 Å². The highest BCUT2D eigenvalue weighted by molar-refractivity contribution is 5.95. The lowest BCUT2D eigenvalue weighted by Crippen LogP contribution is -2.48. The second kappa shape index (κ2) is 5.20. The van der Waals surface area contributed by atoms with Crippen LogP contribution in [-0.4, -0.2) is 32.4 Å². The Morgan fingerprint density at radius 1 is 1.41 bits per heavy atom. The largest absolute Gasteiger partial charge is 0.619 e. The molecule has 2 atom stereocenters. The zero-order valence-electron chi connectivity index (χ0n) is 14.2. The molecule has 5 rings (SSSR count). The Balaban J connectivity index is 1.56. The molecule has 27 heavy (non-hydrogen) atoms. The van der Waals surface area contributed by atoms with Crippen LogP contribution in [-0.2, 0) is 6.42 Å². The summed E-state index contributed by atoms with van der Waals surface area (Å²) in [7, 11) is 0. The highest BCUT2D eigenvalue weighted by Gasteiger charge is 2.64. The van der Waals surface area contributed by atoms with E-state index in [1.807, 2.05) is 0 Å². The van der Waals surface area contributed by atoms with E-state index in [1.54, 1.807) is 0 Å². The van der Waals surface area contributed by atoms with E-state index in [4.69, 9.17) is 0 Å². The molecule has 2 saturated carbocycles. The standard InChI is InChI=1S/C17H16F3N5O2/c18-17(19,20)16(3-4-16)22-15(26)13-10-2-1-9-7-11(9)14(10)25(23-13)12-8-24(27)6-5-21-12/h5-6,8-9,11H,1-4,7H2,(H,22,26). The summed E-state index contributed by atoms with van der Waals surface area (Å²) in [4.78, 5) is 16.8. The molecule has 10 heteroatoms. The Kier molecular flexibility index (Phi) is 3.18. The second-order valence-electron chi connectivity index (χ2n) is 7.57. The third-order valence-corrected chi connectivity index (χ3v) is 5.80. The molecule has 0 spiro atoms. The van der Waals surface area contributed by atoms with Gasteiger partial charge >= 0.3 is 6.18 Å². The van der Waals surface area contributed by atoms with E-state index < -0.39 is 17.6 Å². The Bertz CT molecular complexity index is 951. The molecule has 142 valence electrons. The average molecular weight is 379 g/mol. The minimum absolute atomic E-state index is 0.00831. The maximum absolute atomic E-state index is 13.2. The molecule has 1 N–H and O–H groups in total. The maximum Gasteiger partial charge on any atom is 0.411 e. The quantitative estimate of drug-likeness (QED) is 0.651. The van der Waals surface area contributed by atoms with E-state index in [0.29, 0.717) is 22.6 Å². The molecule has 2 unspecified atom stereocenters. The van der Waals surface area contributed by atoms with Crippen molar-refractivity contribution >= 4 is 5.91 Å². The Hall–Kier alpha value is -2.65. The number of amides is 1. The predicted octanol–water partition coefficient (Wildman–Crippen LogP) is 1.78. The van der Waals surface area contributed by atoms with Crippen LogP contribution in [0.3, 0.4) is 0 Å². The van der Waals surface area contributed by atoms with Gasteiger partial charge in [0.05, 0.1) is 11.9 Å². The van der Waals surface area contributed by atoms with Crippen molar-refractivity contribution in [3.63, 3.8) is 0 Å². The van der Waals surface area contributed by atoms with Crippen molar-refractivity contribution in [2.45, 2.75) is 49.7 Å². The molecular formula is C17H16F3N5O2. The molecule has 2 heterocycles. The fourth-order valence-electron chi connectivity index (χ4n) is 4.03. The van der Waals surface area contributed by atoms with Crippen molar-refractivity contribution in [1.29, 1.82) is 0 Å². The summed E-state index contributed by atoms with van der Waals surface area (Å²) >= 11 is 0. The number of fused-ring (bicyclic) bond motifs is 3. The van der Waals surface area contributed by atoms with E-state index in [0.717, 1.165) is 18.5 Å². The molecular weight excluding hydrogens is 363 g/mol. The fourth-order valence-corrected chi connectivity index (χ4v) is 4.03. The third-order valence-electron chi connectivity index (χ3n) is 5.80. The first-order valence-corrected chi connectivity index (χ1v) is 8.85. The lowest BCUT2D eigenvalue weighted by Gasteiger charge is -2.20. The summed E-state index contributed by atoms with van der Waals surface area (Å²) in [5.41, 5.74) is -0.658. The summed E-state index contributed by atoms with van der Waals surface area (Å²) in [6, 6.07) is 0. The number of carbonyl (C=O) groups is 1. The normalized spacial score (nSPS) is 24.7. The second-order valence-corrected chi connectivity index (χ2v) is 7.57. The van der Waals surface area contributed by atoms with Crippen LogP contribution in [0.2, 0.25) is 0 Å². The van der Waals surface area contributed by atoms with Crippen molar-refractivity contribution in [1.82, 2.24) is 20.1 Å². The number of hydrogen-bond donors (Lipinski definition) is 1. The van der Waals surface area contributed by atoms with Gasteiger partial charge < -0.3 is 10.5 Å². The molecule has 0 aliphatic heterocycles. The number of aromatic nitrogens is 4. The van der Waals surface area contributed by atoms with Gasteiger partial charge in [0.2, 0.25) is 12.0 Å². The molecule has 2 aromatic heterocycles. The van der Waals surface area contributed by atoms with Crippen molar-refractivity contribution in [2.75, 3.05) is 0 Å². The van der Waals surface area contributed by atoms with Crippen LogP contribution < -0.4 is 10.0 Å². The van der Waals surface area contributed by atoms with Gasteiger partial charge in [-0.3, -0.25) is 4.79 Å². The van der Waals surface area contributed by atoms with Gasteiger partial charge in [-0.05, 0) is 38.0 Å². The van der Waals surface area contributed by atoms with Crippen LogP contribution in [0.15, 0.2) is 18.6 Å². The van der Waals surface area contributed by atoms with Gasteiger partial charge in [0.1, 0.15) is 5.54 Å². The number of hydrogen-bond acceptors (Lipinski definition) is 4. The van der Waals surface area contributed by atoms with E-state index in [9.17, 15) is 23.2 Å². The molecule has 1 amide bonds. The Morgan fingerprint density at radius 2 is 2.19 bits per heavy atom. The highest BCUT2D eigenvalue weighted by atomic mass is 19.4. The summed E-state index contributed by atoms with van der Waals surface area (Å²) < 4.78 is 41.6. The number of alkyl halides is 3. The average Bonchev–Trinajstić information content (AvgIpc) is 3.51. The van der Waals surface area contributed by atoms with E-state index in [2.05, 4.69) is 15.4 Å². The van der Waals surface area contributed by atoms with Gasteiger partial charge in [0, 0.05) is 11.5 Å². The predicted molar refractivity (Wildman–Crippen MR) is 85.0 cm³/mol. The SMILES string of the molecule is O=C(NC1(C(F)(F)F)CC1)c1nn(-c2c[n+]([O-])ccn2)c2c1CCC1CC21. The van der Waals surface area contributed by atoms with Crippen molar-refractivity contribution in [2.24, 2.45) is 5.92 Å². The van der Waals surface area contributed by atoms with Gasteiger partial charge in [-0.1, -0.05) is 0 Å². The van der Waals surface area contributed by atoms with Gasteiger partial charge in [0.15, 0.2) is 11.9 Å². The molecule has 0 radical (unpaired) electrons. The third kappa shape index (κ3) is 2.49. The lowest BCUT2D eigenvalue weighted by atomic mass is 9.95. The summed E-state index contributed by atoms with van der Waals surface area (Å²) in [5, 5.41) is 18.0. The zero-order valence-corrected chi connectivity index (χ0v) is 14.2. The lowest BCUT2D eigenvalue weighted by molar-refractivity contribution is -0.605. The highest BCUT2D eigenvalue weighted by Crippen LogP contribution is 2.55. The summed E-state index contributed by atoms with van der Waals surface area (Å²) in [6.45, 7) is 0. The Labute approximate surface area is 151 Å². The first kappa shape index (κ1) is 16.5. The van der Waals surface area contributed by atoms with Crippen molar-refractivity contribution < 1.29 is 22.7 Å². The van der Waals surface area contributed by atoms with E-state index in [-0.39, 0.29) is 30.3 Å². The Morgan fingerprint density at radius 3 is 2.85 bits per heavy atom. The van der Waals surface area contributed by atoms with Crippen LogP contribution in [0.5, 0.6) is 0 Å². The van der Waals surface area contributed by atoms with Crippen LogP contribution in [0.1, 0.15) is 53.3 Å². The van der Waals surface area contributed by atoms with Crippen molar-refractivity contribution in [3.05, 3.63) is 40.7 Å². The molecule has 3 aliphatic carbocycles. The summed E-state index contributed by atoms with van der Waals surface area (Å²) in [6.07, 6.45) is 1.50.